The zero-order chi connectivity index (χ0) is 13.5. The molecule has 0 radical (unpaired) electrons. The van der Waals surface area contributed by atoms with Crippen molar-refractivity contribution in [3.05, 3.63) is 35.9 Å². The molecule has 0 saturated heterocycles. The highest BCUT2D eigenvalue weighted by Gasteiger charge is 2.50. The highest BCUT2D eigenvalue weighted by Crippen LogP contribution is 2.48. The monoisotopic (exact) mass is 259 g/mol. The summed E-state index contributed by atoms with van der Waals surface area (Å²) >= 11 is 0. The van der Waals surface area contributed by atoms with E-state index in [1.54, 1.807) is 0 Å². The predicted molar refractivity (Wildman–Crippen MR) is 69.7 cm³/mol. The quantitative estimate of drug-likeness (QED) is 0.868. The van der Waals surface area contributed by atoms with Gasteiger partial charge in [0.25, 0.3) is 0 Å². The van der Waals surface area contributed by atoms with E-state index >= 15 is 0 Å². The van der Waals surface area contributed by atoms with Crippen molar-refractivity contribution in [1.29, 1.82) is 0 Å². The highest BCUT2D eigenvalue weighted by molar-refractivity contribution is 5.90. The maximum atomic E-state index is 12.1. The number of carbonyl (C=O) groups excluding carboxylic acids is 1. The zero-order valence-corrected chi connectivity index (χ0v) is 10.6. The molecule has 1 aromatic carbocycles. The first kappa shape index (κ1) is 12.2. The van der Waals surface area contributed by atoms with E-state index in [1.165, 1.54) is 5.56 Å². The summed E-state index contributed by atoms with van der Waals surface area (Å²) in [4.78, 5) is 23.3. The van der Waals surface area contributed by atoms with Gasteiger partial charge in [-0.05, 0) is 37.2 Å². The zero-order valence-electron chi connectivity index (χ0n) is 10.6. The van der Waals surface area contributed by atoms with Crippen LogP contribution in [0.3, 0.4) is 0 Å². The van der Waals surface area contributed by atoms with Crippen molar-refractivity contribution in [2.45, 2.75) is 37.1 Å². The minimum Gasteiger partial charge on any atom is -0.480 e. The van der Waals surface area contributed by atoms with Crippen molar-refractivity contribution in [2.24, 2.45) is 5.92 Å². The van der Waals surface area contributed by atoms with Crippen molar-refractivity contribution < 1.29 is 14.7 Å². The standard InChI is InChI=1S/C15H17NO3/c17-13(16-15(14(18)19)7-4-8-15)12-9-11(12)10-5-2-1-3-6-10/h1-3,5-6,11-12H,4,7-9H2,(H,16,17)(H,18,19). The van der Waals surface area contributed by atoms with Crippen molar-refractivity contribution >= 4 is 11.9 Å². The average Bonchev–Trinajstić information content (AvgIpc) is 3.14. The van der Waals surface area contributed by atoms with E-state index in [0.717, 1.165) is 12.8 Å². The van der Waals surface area contributed by atoms with Crippen molar-refractivity contribution in [3.63, 3.8) is 0 Å². The van der Waals surface area contributed by atoms with Gasteiger partial charge in [0.2, 0.25) is 5.91 Å². The summed E-state index contributed by atoms with van der Waals surface area (Å²) in [7, 11) is 0. The Bertz CT molecular complexity index is 507. The third kappa shape index (κ3) is 2.11. The Kier molecular flexibility index (Phi) is 2.81. The molecule has 1 aromatic rings. The summed E-state index contributed by atoms with van der Waals surface area (Å²) in [5.41, 5.74) is 0.182. The number of carboxylic acid groups (broad SMARTS) is 1. The van der Waals surface area contributed by atoms with Gasteiger partial charge in [0.05, 0.1) is 0 Å². The van der Waals surface area contributed by atoms with E-state index in [9.17, 15) is 14.7 Å². The lowest BCUT2D eigenvalue weighted by atomic mass is 9.76. The lowest BCUT2D eigenvalue weighted by Gasteiger charge is -2.38. The maximum absolute atomic E-state index is 12.1. The molecule has 2 unspecified atom stereocenters. The molecule has 0 bridgehead atoms. The molecule has 2 fully saturated rings. The molecule has 100 valence electrons. The summed E-state index contributed by atoms with van der Waals surface area (Å²) in [5.74, 6) is -0.800. The summed E-state index contributed by atoms with van der Waals surface area (Å²) in [6, 6.07) is 9.93. The van der Waals surface area contributed by atoms with Crippen molar-refractivity contribution in [3.8, 4) is 0 Å². The van der Waals surface area contributed by atoms with Crippen LogP contribution in [-0.2, 0) is 9.59 Å². The van der Waals surface area contributed by atoms with Crippen LogP contribution in [-0.4, -0.2) is 22.5 Å². The number of benzene rings is 1. The molecule has 0 aliphatic heterocycles. The third-order valence-electron chi connectivity index (χ3n) is 4.33. The Balaban J connectivity index is 1.63. The SMILES string of the molecule is O=C(NC1(C(=O)O)CCC1)C1CC1c1ccccc1. The van der Waals surface area contributed by atoms with Crippen LogP contribution in [0, 0.1) is 5.92 Å². The van der Waals surface area contributed by atoms with Gasteiger partial charge in [-0.3, -0.25) is 4.79 Å². The number of hydrogen-bond donors (Lipinski definition) is 2. The van der Waals surface area contributed by atoms with Crippen LogP contribution in [0.25, 0.3) is 0 Å². The topological polar surface area (TPSA) is 66.4 Å². The Morgan fingerprint density at radius 1 is 1.21 bits per heavy atom. The van der Waals surface area contributed by atoms with Crippen LogP contribution in [0.1, 0.15) is 37.2 Å². The molecular weight excluding hydrogens is 242 g/mol. The molecule has 0 heterocycles. The normalized spacial score (nSPS) is 27.2. The van der Waals surface area contributed by atoms with Gasteiger partial charge < -0.3 is 10.4 Å². The minimum atomic E-state index is -0.985. The molecule has 2 saturated carbocycles. The molecule has 2 aliphatic rings. The molecule has 2 N–H and O–H groups in total. The molecule has 2 aliphatic carbocycles. The third-order valence-corrected chi connectivity index (χ3v) is 4.33. The largest absolute Gasteiger partial charge is 0.480 e. The van der Waals surface area contributed by atoms with E-state index < -0.39 is 11.5 Å². The fraction of sp³-hybridized carbons (Fsp3) is 0.467. The fourth-order valence-corrected chi connectivity index (χ4v) is 2.80. The first-order chi connectivity index (χ1) is 9.12. The summed E-state index contributed by atoms with van der Waals surface area (Å²) in [6.07, 6.45) is 2.80. The van der Waals surface area contributed by atoms with Crippen LogP contribution >= 0.6 is 0 Å². The number of hydrogen-bond acceptors (Lipinski definition) is 2. The number of nitrogens with one attached hydrogen (secondary N) is 1. The van der Waals surface area contributed by atoms with Crippen LogP contribution < -0.4 is 5.32 Å². The molecule has 2 atom stereocenters. The molecule has 4 nitrogen and oxygen atoms in total. The number of aliphatic carboxylic acids is 1. The van der Waals surface area contributed by atoms with Crippen LogP contribution in [0.2, 0.25) is 0 Å². The van der Waals surface area contributed by atoms with Gasteiger partial charge in [-0.15, -0.1) is 0 Å². The van der Waals surface area contributed by atoms with Gasteiger partial charge in [0.15, 0.2) is 0 Å². The smallest absolute Gasteiger partial charge is 0.329 e. The molecule has 3 rings (SSSR count). The second kappa shape index (κ2) is 4.37. The molecule has 19 heavy (non-hydrogen) atoms. The fourth-order valence-electron chi connectivity index (χ4n) is 2.80. The second-order valence-electron chi connectivity index (χ2n) is 5.59. The first-order valence-electron chi connectivity index (χ1n) is 6.73. The highest BCUT2D eigenvalue weighted by atomic mass is 16.4. The lowest BCUT2D eigenvalue weighted by molar-refractivity contribution is -0.152. The van der Waals surface area contributed by atoms with E-state index in [2.05, 4.69) is 5.32 Å². The van der Waals surface area contributed by atoms with Crippen molar-refractivity contribution in [2.75, 3.05) is 0 Å². The number of carbonyl (C=O) groups is 2. The number of amides is 1. The van der Waals surface area contributed by atoms with Gasteiger partial charge in [0, 0.05) is 5.92 Å². The number of rotatable bonds is 4. The van der Waals surface area contributed by atoms with E-state index in [0.29, 0.717) is 12.8 Å². The maximum Gasteiger partial charge on any atom is 0.329 e. The summed E-state index contributed by atoms with van der Waals surface area (Å²) in [6.45, 7) is 0. The minimum absolute atomic E-state index is 0.0563. The molecule has 0 spiro atoms. The Labute approximate surface area is 111 Å². The Hall–Kier alpha value is -1.84. The number of carboxylic acids is 1. The van der Waals surface area contributed by atoms with Gasteiger partial charge >= 0.3 is 5.97 Å². The van der Waals surface area contributed by atoms with E-state index in [4.69, 9.17) is 0 Å². The van der Waals surface area contributed by atoms with Crippen LogP contribution in [0.5, 0.6) is 0 Å². The van der Waals surface area contributed by atoms with Gasteiger partial charge in [-0.25, -0.2) is 4.79 Å². The second-order valence-corrected chi connectivity index (χ2v) is 5.59. The van der Waals surface area contributed by atoms with Gasteiger partial charge in [-0.1, -0.05) is 30.3 Å². The van der Waals surface area contributed by atoms with Crippen molar-refractivity contribution in [1.82, 2.24) is 5.32 Å². The summed E-state index contributed by atoms with van der Waals surface area (Å²) < 4.78 is 0. The Morgan fingerprint density at radius 3 is 2.42 bits per heavy atom. The van der Waals surface area contributed by atoms with E-state index in [-0.39, 0.29) is 17.7 Å². The molecule has 1 amide bonds. The lowest BCUT2D eigenvalue weighted by Crippen LogP contribution is -2.59. The predicted octanol–water partition coefficient (Wildman–Crippen LogP) is 1.91. The molecular formula is C15H17NO3. The van der Waals surface area contributed by atoms with E-state index in [1.807, 2.05) is 30.3 Å². The van der Waals surface area contributed by atoms with Crippen LogP contribution in [0.15, 0.2) is 30.3 Å². The molecule has 4 heteroatoms. The summed E-state index contributed by atoms with van der Waals surface area (Å²) in [5, 5.41) is 12.0. The average molecular weight is 259 g/mol. The Morgan fingerprint density at radius 2 is 1.89 bits per heavy atom. The van der Waals surface area contributed by atoms with Gasteiger partial charge in [-0.2, -0.15) is 0 Å². The van der Waals surface area contributed by atoms with Crippen LogP contribution in [0.4, 0.5) is 0 Å². The van der Waals surface area contributed by atoms with Gasteiger partial charge in [0.1, 0.15) is 5.54 Å². The molecule has 0 aromatic heterocycles. The first-order valence-corrected chi connectivity index (χ1v) is 6.73.